The van der Waals surface area contributed by atoms with Crippen LogP contribution in [0.3, 0.4) is 0 Å². The van der Waals surface area contributed by atoms with Gasteiger partial charge in [0.1, 0.15) is 11.3 Å². The number of benzene rings is 2. The zero-order valence-electron chi connectivity index (χ0n) is 14.0. The predicted molar refractivity (Wildman–Crippen MR) is 106 cm³/mol. The Labute approximate surface area is 163 Å². The summed E-state index contributed by atoms with van der Waals surface area (Å²) in [6, 6.07) is 9.27. The number of phenols is 1. The van der Waals surface area contributed by atoms with E-state index in [0.29, 0.717) is 14.8 Å². The molecule has 0 unspecified atom stereocenters. The van der Waals surface area contributed by atoms with Gasteiger partial charge in [-0.1, -0.05) is 12.1 Å². The fourth-order valence-corrected chi connectivity index (χ4v) is 3.29. The van der Waals surface area contributed by atoms with Gasteiger partial charge in [0.05, 0.1) is 9.26 Å². The highest BCUT2D eigenvalue weighted by Crippen LogP contribution is 2.26. The number of carbonyl (C=O) groups is 3. The van der Waals surface area contributed by atoms with Gasteiger partial charge in [-0.25, -0.2) is 9.69 Å². The second-order valence-corrected chi connectivity index (χ2v) is 7.18. The fourth-order valence-electron chi connectivity index (χ4n) is 2.75. The van der Waals surface area contributed by atoms with Gasteiger partial charge < -0.3 is 5.11 Å². The number of phenolic OH excluding ortho intramolecular Hbond substituents is 1. The van der Waals surface area contributed by atoms with Crippen LogP contribution >= 0.6 is 22.6 Å². The van der Waals surface area contributed by atoms with Gasteiger partial charge in [-0.05, 0) is 83.5 Å². The van der Waals surface area contributed by atoms with Crippen LogP contribution in [0.1, 0.15) is 16.7 Å². The van der Waals surface area contributed by atoms with Crippen molar-refractivity contribution in [1.82, 2.24) is 5.32 Å². The van der Waals surface area contributed by atoms with Gasteiger partial charge in [0.2, 0.25) is 0 Å². The largest absolute Gasteiger partial charge is 0.507 e. The number of aryl methyl sites for hydroxylation is 2. The Morgan fingerprint density at radius 3 is 2.31 bits per heavy atom. The molecule has 0 bridgehead atoms. The van der Waals surface area contributed by atoms with Crippen LogP contribution in [0.15, 0.2) is 42.0 Å². The summed E-state index contributed by atoms with van der Waals surface area (Å²) in [6.07, 6.45) is 1.40. The minimum Gasteiger partial charge on any atom is -0.507 e. The molecular formula is C19H15IN2O4. The SMILES string of the molecule is Cc1cc(C)cc(N2C(=O)NC(=O)C(=Cc3ccc(O)c(I)c3)C2=O)c1. The van der Waals surface area contributed by atoms with Gasteiger partial charge >= 0.3 is 6.03 Å². The number of nitrogens with zero attached hydrogens (tertiary/aromatic N) is 1. The standard InChI is InChI=1S/C19H15IN2O4/c1-10-5-11(2)7-13(6-10)22-18(25)14(17(24)21-19(22)26)8-12-3-4-16(23)15(20)9-12/h3-9,23H,1-2H3,(H,21,24,26). The van der Waals surface area contributed by atoms with Crippen molar-refractivity contribution in [3.05, 3.63) is 62.2 Å². The molecule has 6 nitrogen and oxygen atoms in total. The van der Waals surface area contributed by atoms with Crippen molar-refractivity contribution in [3.8, 4) is 5.75 Å². The molecule has 132 valence electrons. The third kappa shape index (κ3) is 3.48. The highest BCUT2D eigenvalue weighted by molar-refractivity contribution is 14.1. The van der Waals surface area contributed by atoms with Gasteiger partial charge in [0.15, 0.2) is 0 Å². The molecule has 3 rings (SSSR count). The average molecular weight is 462 g/mol. The number of nitrogens with one attached hydrogen (secondary N) is 1. The first-order chi connectivity index (χ1) is 12.3. The lowest BCUT2D eigenvalue weighted by Gasteiger charge is -2.27. The summed E-state index contributed by atoms with van der Waals surface area (Å²) in [6.45, 7) is 3.73. The van der Waals surface area contributed by atoms with Crippen LogP contribution in [0.4, 0.5) is 10.5 Å². The Hall–Kier alpha value is -2.68. The number of urea groups is 1. The van der Waals surface area contributed by atoms with Crippen molar-refractivity contribution in [2.45, 2.75) is 13.8 Å². The summed E-state index contributed by atoms with van der Waals surface area (Å²) >= 11 is 1.95. The molecule has 1 aliphatic rings. The maximum absolute atomic E-state index is 12.9. The number of hydrogen-bond acceptors (Lipinski definition) is 4. The minimum absolute atomic E-state index is 0.110. The van der Waals surface area contributed by atoms with E-state index >= 15 is 0 Å². The molecule has 1 aliphatic heterocycles. The highest BCUT2D eigenvalue weighted by atomic mass is 127. The minimum atomic E-state index is -0.776. The molecular weight excluding hydrogens is 447 g/mol. The molecule has 26 heavy (non-hydrogen) atoms. The lowest BCUT2D eigenvalue weighted by molar-refractivity contribution is -0.122. The predicted octanol–water partition coefficient (Wildman–Crippen LogP) is 3.28. The number of rotatable bonds is 2. The van der Waals surface area contributed by atoms with Crippen LogP contribution in [0, 0.1) is 17.4 Å². The second kappa shape index (κ2) is 6.91. The Bertz CT molecular complexity index is 961. The third-order valence-corrected chi connectivity index (χ3v) is 4.71. The van der Waals surface area contributed by atoms with E-state index in [1.807, 2.05) is 42.5 Å². The van der Waals surface area contributed by atoms with Crippen molar-refractivity contribution in [3.63, 3.8) is 0 Å². The zero-order valence-corrected chi connectivity index (χ0v) is 16.2. The Morgan fingerprint density at radius 2 is 1.69 bits per heavy atom. The first-order valence-electron chi connectivity index (χ1n) is 7.74. The van der Waals surface area contributed by atoms with E-state index in [2.05, 4.69) is 5.32 Å². The molecule has 1 saturated heterocycles. The Balaban J connectivity index is 2.05. The van der Waals surface area contributed by atoms with Gasteiger partial charge in [-0.15, -0.1) is 0 Å². The smallest absolute Gasteiger partial charge is 0.335 e. The van der Waals surface area contributed by atoms with Crippen molar-refractivity contribution in [1.29, 1.82) is 0 Å². The molecule has 0 radical (unpaired) electrons. The molecule has 0 aromatic heterocycles. The summed E-state index contributed by atoms with van der Waals surface area (Å²) in [5.74, 6) is -1.32. The highest BCUT2D eigenvalue weighted by Gasteiger charge is 2.36. The van der Waals surface area contributed by atoms with Crippen LogP contribution in [-0.4, -0.2) is 23.0 Å². The van der Waals surface area contributed by atoms with E-state index in [4.69, 9.17) is 0 Å². The van der Waals surface area contributed by atoms with E-state index < -0.39 is 17.8 Å². The molecule has 2 N–H and O–H groups in total. The third-order valence-electron chi connectivity index (χ3n) is 3.85. The molecule has 2 aromatic rings. The summed E-state index contributed by atoms with van der Waals surface area (Å²) < 4.78 is 0.586. The lowest BCUT2D eigenvalue weighted by Crippen LogP contribution is -2.54. The van der Waals surface area contributed by atoms with Crippen LogP contribution in [-0.2, 0) is 9.59 Å². The van der Waals surface area contributed by atoms with E-state index in [9.17, 15) is 19.5 Å². The zero-order chi connectivity index (χ0) is 19.0. The maximum atomic E-state index is 12.9. The quantitative estimate of drug-likeness (QED) is 0.408. The molecule has 0 atom stereocenters. The number of halogens is 1. The number of aromatic hydroxyl groups is 1. The van der Waals surface area contributed by atoms with E-state index in [1.54, 1.807) is 24.3 Å². The monoisotopic (exact) mass is 462 g/mol. The average Bonchev–Trinajstić information content (AvgIpc) is 2.53. The van der Waals surface area contributed by atoms with Crippen LogP contribution in [0.2, 0.25) is 0 Å². The van der Waals surface area contributed by atoms with Gasteiger partial charge in [-0.3, -0.25) is 14.9 Å². The first-order valence-corrected chi connectivity index (χ1v) is 8.82. The lowest BCUT2D eigenvalue weighted by atomic mass is 10.1. The molecule has 0 spiro atoms. The normalized spacial score (nSPS) is 16.2. The van der Waals surface area contributed by atoms with Crippen LogP contribution < -0.4 is 10.2 Å². The van der Waals surface area contributed by atoms with Gasteiger partial charge in [0, 0.05) is 0 Å². The summed E-state index contributed by atoms with van der Waals surface area (Å²) in [5.41, 5.74) is 2.63. The summed E-state index contributed by atoms with van der Waals surface area (Å²) in [7, 11) is 0. The molecule has 0 saturated carbocycles. The molecule has 0 aliphatic carbocycles. The maximum Gasteiger partial charge on any atom is 0.335 e. The second-order valence-electron chi connectivity index (χ2n) is 6.01. The molecule has 1 heterocycles. The van der Waals surface area contributed by atoms with Gasteiger partial charge in [0.25, 0.3) is 11.8 Å². The number of carbonyl (C=O) groups excluding carboxylic acids is 3. The summed E-state index contributed by atoms with van der Waals surface area (Å²) in [5, 5.41) is 11.8. The van der Waals surface area contributed by atoms with Crippen LogP contribution in [0.5, 0.6) is 5.75 Å². The summed E-state index contributed by atoms with van der Waals surface area (Å²) in [4.78, 5) is 38.2. The van der Waals surface area contributed by atoms with Crippen molar-refractivity contribution < 1.29 is 19.5 Å². The van der Waals surface area contributed by atoms with Crippen molar-refractivity contribution >= 4 is 52.2 Å². The number of hydrogen-bond donors (Lipinski definition) is 2. The molecule has 7 heteroatoms. The van der Waals surface area contributed by atoms with Crippen molar-refractivity contribution in [2.24, 2.45) is 0 Å². The number of amides is 4. The number of anilines is 1. The molecule has 1 fully saturated rings. The number of imide groups is 2. The topological polar surface area (TPSA) is 86.7 Å². The van der Waals surface area contributed by atoms with Crippen LogP contribution in [0.25, 0.3) is 6.08 Å². The van der Waals surface area contributed by atoms with E-state index in [1.165, 1.54) is 12.1 Å². The van der Waals surface area contributed by atoms with E-state index in [-0.39, 0.29) is 11.3 Å². The fraction of sp³-hybridized carbons (Fsp3) is 0.105. The Morgan fingerprint density at radius 1 is 1.04 bits per heavy atom. The molecule has 4 amide bonds. The molecule has 2 aromatic carbocycles. The van der Waals surface area contributed by atoms with Gasteiger partial charge in [-0.2, -0.15) is 0 Å². The first kappa shape index (κ1) is 18.1. The number of barbiturate groups is 1. The Kier molecular flexibility index (Phi) is 4.82. The van der Waals surface area contributed by atoms with E-state index in [0.717, 1.165) is 16.0 Å². The van der Waals surface area contributed by atoms with Crippen molar-refractivity contribution in [2.75, 3.05) is 4.90 Å².